The lowest BCUT2D eigenvalue weighted by Gasteiger charge is -2.41. The van der Waals surface area contributed by atoms with Crippen LogP contribution >= 0.6 is 0 Å². The monoisotopic (exact) mass is 743 g/mol. The van der Waals surface area contributed by atoms with Crippen LogP contribution < -0.4 is 0 Å². The Morgan fingerprint density at radius 1 is 0.412 bits per heavy atom. The molecule has 308 valence electrons. The Kier molecular flexibility index (Phi) is 31.5. The number of likely N-dealkylation sites (N-methyl/N-ethyl adjacent to an activating group) is 1. The van der Waals surface area contributed by atoms with Gasteiger partial charge in [-0.15, -0.1) is 0 Å². The number of aliphatic hydroxyl groups excluding tert-OH is 11. The van der Waals surface area contributed by atoms with Gasteiger partial charge in [-0.1, -0.05) is 129 Å². The molecule has 0 radical (unpaired) electrons. The lowest BCUT2D eigenvalue weighted by molar-refractivity contribution is -0.919. The van der Waals surface area contributed by atoms with Crippen molar-refractivity contribution >= 4 is 0 Å². The van der Waals surface area contributed by atoms with Crippen molar-refractivity contribution in [1.29, 1.82) is 0 Å². The topological polar surface area (TPSA) is 232 Å². The fourth-order valence-electron chi connectivity index (χ4n) is 6.71. The summed E-state index contributed by atoms with van der Waals surface area (Å²) in [6, 6.07) is 0. The van der Waals surface area contributed by atoms with Gasteiger partial charge >= 0.3 is 0 Å². The first kappa shape index (κ1) is 50.5. The van der Waals surface area contributed by atoms with Crippen molar-refractivity contribution in [3.05, 3.63) is 0 Å². The summed E-state index contributed by atoms with van der Waals surface area (Å²) in [5.41, 5.74) is 0. The summed E-state index contributed by atoms with van der Waals surface area (Å²) in [6.45, 7) is 0.0420. The molecule has 0 aliphatic rings. The van der Waals surface area contributed by atoms with E-state index in [2.05, 4.69) is 6.92 Å². The second kappa shape index (κ2) is 31.8. The molecule has 0 aromatic carbocycles. The third kappa shape index (κ3) is 25.2. The maximum absolute atomic E-state index is 10.8. The van der Waals surface area contributed by atoms with Crippen molar-refractivity contribution in [2.75, 3.05) is 53.1 Å². The van der Waals surface area contributed by atoms with Crippen molar-refractivity contribution < 1.29 is 65.4 Å². The summed E-state index contributed by atoms with van der Waals surface area (Å²) in [7, 11) is 1.50. The molecule has 0 spiro atoms. The van der Waals surface area contributed by atoms with E-state index in [0.29, 0.717) is 6.61 Å². The van der Waals surface area contributed by atoms with E-state index in [1.54, 1.807) is 0 Å². The van der Waals surface area contributed by atoms with Gasteiger partial charge in [-0.2, -0.15) is 0 Å². The molecule has 11 N–H and O–H groups in total. The van der Waals surface area contributed by atoms with E-state index in [-0.39, 0.29) is 30.7 Å². The number of ether oxygens (including phenoxy) is 1. The van der Waals surface area contributed by atoms with Gasteiger partial charge in [0.25, 0.3) is 0 Å². The van der Waals surface area contributed by atoms with E-state index in [1.165, 1.54) is 116 Å². The van der Waals surface area contributed by atoms with Crippen LogP contribution in [0.15, 0.2) is 0 Å². The molecule has 0 saturated heterocycles. The molecular formula is C38H80NO12+. The zero-order valence-electron chi connectivity index (χ0n) is 32.1. The third-order valence-corrected chi connectivity index (χ3v) is 10.0. The number of aliphatic hydroxyl groups is 11. The van der Waals surface area contributed by atoms with Crippen LogP contribution in [0.25, 0.3) is 0 Å². The molecule has 9 atom stereocenters. The number of rotatable bonds is 37. The summed E-state index contributed by atoms with van der Waals surface area (Å²) in [5, 5.41) is 110. The third-order valence-electron chi connectivity index (χ3n) is 10.0. The number of nitrogens with zero attached hydrogens (tertiary/aromatic N) is 1. The molecule has 0 heterocycles. The van der Waals surface area contributed by atoms with Gasteiger partial charge in [0, 0.05) is 6.61 Å². The first-order valence-corrected chi connectivity index (χ1v) is 20.1. The average molecular weight is 743 g/mol. The van der Waals surface area contributed by atoms with Gasteiger partial charge in [-0.05, 0) is 6.42 Å². The van der Waals surface area contributed by atoms with Crippen molar-refractivity contribution in [2.24, 2.45) is 0 Å². The predicted octanol–water partition coefficient (Wildman–Crippen LogP) is 1.50. The van der Waals surface area contributed by atoms with E-state index >= 15 is 0 Å². The fraction of sp³-hybridized carbons (Fsp3) is 1.00. The van der Waals surface area contributed by atoms with Crippen LogP contribution in [0.3, 0.4) is 0 Å². The minimum absolute atomic E-state index is 0.0536. The van der Waals surface area contributed by atoms with Crippen molar-refractivity contribution in [3.8, 4) is 0 Å². The van der Waals surface area contributed by atoms with Crippen molar-refractivity contribution in [1.82, 2.24) is 0 Å². The Bertz CT molecular complexity index is 738. The quantitative estimate of drug-likeness (QED) is 0.0321. The summed E-state index contributed by atoms with van der Waals surface area (Å²) < 4.78 is 5.28. The van der Waals surface area contributed by atoms with Gasteiger partial charge < -0.3 is 65.4 Å². The average Bonchev–Trinajstić information content (AvgIpc) is 3.11. The largest absolute Gasteiger partial charge is 0.394 e. The Hall–Kier alpha value is -0.520. The molecular weight excluding hydrogens is 662 g/mol. The number of hydrogen-bond donors (Lipinski definition) is 11. The van der Waals surface area contributed by atoms with E-state index in [9.17, 15) is 46.0 Å². The highest BCUT2D eigenvalue weighted by Gasteiger charge is 2.40. The molecule has 0 bridgehead atoms. The zero-order chi connectivity index (χ0) is 38.5. The van der Waals surface area contributed by atoms with Crippen LogP contribution in [0.4, 0.5) is 0 Å². The normalized spacial score (nSPS) is 18.8. The maximum atomic E-state index is 10.8. The van der Waals surface area contributed by atoms with Crippen LogP contribution in [0.2, 0.25) is 0 Å². The number of hydrogen-bond acceptors (Lipinski definition) is 12. The molecule has 9 unspecified atom stereocenters. The molecule has 0 rings (SSSR count). The van der Waals surface area contributed by atoms with Gasteiger partial charge in [-0.3, -0.25) is 0 Å². The van der Waals surface area contributed by atoms with E-state index < -0.39 is 68.1 Å². The van der Waals surface area contributed by atoms with Crippen molar-refractivity contribution in [3.63, 3.8) is 0 Å². The van der Waals surface area contributed by atoms with Gasteiger partial charge in [0.2, 0.25) is 0 Å². The standard InChI is InChI=1S/C38H80NO12/c1-3-4-5-6-7-8-9-10-11-12-13-14-15-16-17-18-19-20-21-22-23-51-29-30(42)24-39(2,25-31(43)35(47)37(49)33(45)27-40)26-32(44)36(48)38(50)34(46)28-41/h30-38,40-50H,3-29H2,1-2H3/q+1. The highest BCUT2D eigenvalue weighted by atomic mass is 16.5. The summed E-state index contributed by atoms with van der Waals surface area (Å²) >= 11 is 0. The predicted molar refractivity (Wildman–Crippen MR) is 198 cm³/mol. The molecule has 0 aromatic rings. The van der Waals surface area contributed by atoms with Crippen LogP contribution in [-0.2, 0) is 4.74 Å². The minimum atomic E-state index is -1.89. The Morgan fingerprint density at radius 3 is 1.02 bits per heavy atom. The second-order valence-electron chi connectivity index (χ2n) is 15.2. The Morgan fingerprint density at radius 2 is 0.706 bits per heavy atom. The van der Waals surface area contributed by atoms with Gasteiger partial charge in [0.05, 0.1) is 26.9 Å². The molecule has 0 amide bonds. The zero-order valence-corrected chi connectivity index (χ0v) is 32.1. The van der Waals surface area contributed by atoms with Gasteiger partial charge in [-0.25, -0.2) is 0 Å². The fourth-order valence-corrected chi connectivity index (χ4v) is 6.71. The smallest absolute Gasteiger partial charge is 0.131 e. The highest BCUT2D eigenvalue weighted by Crippen LogP contribution is 2.18. The maximum Gasteiger partial charge on any atom is 0.131 e. The summed E-state index contributed by atoms with van der Waals surface area (Å²) in [4.78, 5) is 0. The first-order valence-electron chi connectivity index (χ1n) is 20.1. The van der Waals surface area contributed by atoms with Crippen LogP contribution in [0.5, 0.6) is 0 Å². The molecule has 0 aromatic heterocycles. The van der Waals surface area contributed by atoms with Crippen LogP contribution in [0.1, 0.15) is 135 Å². The molecule has 0 saturated carbocycles. The van der Waals surface area contributed by atoms with Crippen molar-refractivity contribution in [2.45, 2.75) is 190 Å². The van der Waals surface area contributed by atoms with Gasteiger partial charge in [0.15, 0.2) is 0 Å². The van der Waals surface area contributed by atoms with E-state index in [0.717, 1.165) is 19.3 Å². The molecule has 0 aliphatic heterocycles. The molecule has 13 nitrogen and oxygen atoms in total. The number of unbranched alkanes of at least 4 members (excludes halogenated alkanes) is 19. The summed E-state index contributed by atoms with van der Waals surface area (Å²) in [5.74, 6) is 0. The molecule has 0 fully saturated rings. The lowest BCUT2D eigenvalue weighted by atomic mass is 9.99. The Balaban J connectivity index is 4.34. The summed E-state index contributed by atoms with van der Waals surface area (Å²) in [6.07, 6.45) is 10.5. The SMILES string of the molecule is CCCCCCCCCCCCCCCCCCCCCCOCC(O)C[N+](C)(CC(O)C(O)C(O)C(O)CO)CC(O)C(O)C(O)C(O)CO. The Labute approximate surface area is 308 Å². The first-order chi connectivity index (χ1) is 24.3. The minimum Gasteiger partial charge on any atom is -0.394 e. The van der Waals surface area contributed by atoms with Crippen LogP contribution in [0, 0.1) is 0 Å². The van der Waals surface area contributed by atoms with E-state index in [1.807, 2.05) is 0 Å². The number of quaternary nitrogens is 1. The molecule has 51 heavy (non-hydrogen) atoms. The van der Waals surface area contributed by atoms with E-state index in [4.69, 9.17) is 14.9 Å². The van der Waals surface area contributed by atoms with Crippen LogP contribution in [-0.4, -0.2) is 169 Å². The lowest BCUT2D eigenvalue weighted by Crippen LogP contribution is -2.62. The second-order valence-corrected chi connectivity index (χ2v) is 15.2. The molecule has 13 heteroatoms. The van der Waals surface area contributed by atoms with Gasteiger partial charge in [0.1, 0.15) is 74.6 Å². The molecule has 0 aliphatic carbocycles. The highest BCUT2D eigenvalue weighted by molar-refractivity contribution is 4.83.